The van der Waals surface area contributed by atoms with Gasteiger partial charge in [0.1, 0.15) is 11.6 Å². The molecule has 2 nitrogen and oxygen atoms in total. The first-order chi connectivity index (χ1) is 8.08. The Labute approximate surface area is 106 Å². The summed E-state index contributed by atoms with van der Waals surface area (Å²) in [6.07, 6.45) is 0. The van der Waals surface area contributed by atoms with Crippen LogP contribution in [-0.4, -0.2) is 10.9 Å². The molecule has 4 heteroatoms. The third kappa shape index (κ3) is 2.53. The smallest absolute Gasteiger partial charge is 0.193 e. The molecule has 2 rings (SSSR count). The number of phenols is 1. The van der Waals surface area contributed by atoms with Gasteiger partial charge in [-0.2, -0.15) is 0 Å². The van der Waals surface area contributed by atoms with E-state index in [9.17, 15) is 14.3 Å². The van der Waals surface area contributed by atoms with E-state index in [0.717, 1.165) is 6.07 Å². The molecule has 0 aliphatic carbocycles. The first-order valence-electron chi connectivity index (χ1n) is 4.87. The lowest BCUT2D eigenvalue weighted by Gasteiger charge is -2.03. The van der Waals surface area contributed by atoms with Gasteiger partial charge in [-0.05, 0) is 46.3 Å². The van der Waals surface area contributed by atoms with Gasteiger partial charge in [0.2, 0.25) is 0 Å². The zero-order valence-electron chi connectivity index (χ0n) is 8.65. The largest absolute Gasteiger partial charge is 0.508 e. The second-order valence-corrected chi connectivity index (χ2v) is 4.36. The highest BCUT2D eigenvalue weighted by Gasteiger charge is 2.11. The normalized spacial score (nSPS) is 10.2. The summed E-state index contributed by atoms with van der Waals surface area (Å²) in [5.74, 6) is -0.809. The fourth-order valence-electron chi connectivity index (χ4n) is 1.45. The van der Waals surface area contributed by atoms with Gasteiger partial charge in [0.15, 0.2) is 5.78 Å². The van der Waals surface area contributed by atoms with Crippen LogP contribution in [0, 0.1) is 5.82 Å². The van der Waals surface area contributed by atoms with Gasteiger partial charge in [-0.25, -0.2) is 4.39 Å². The van der Waals surface area contributed by atoms with Gasteiger partial charge in [-0.3, -0.25) is 4.79 Å². The highest BCUT2D eigenvalue weighted by molar-refractivity contribution is 9.10. The van der Waals surface area contributed by atoms with Crippen LogP contribution >= 0.6 is 15.9 Å². The Morgan fingerprint density at radius 1 is 1.12 bits per heavy atom. The third-order valence-corrected chi connectivity index (χ3v) is 2.93. The van der Waals surface area contributed by atoms with E-state index in [0.29, 0.717) is 10.0 Å². The van der Waals surface area contributed by atoms with Crippen molar-refractivity contribution in [2.45, 2.75) is 0 Å². The number of benzene rings is 2. The highest BCUT2D eigenvalue weighted by atomic mass is 79.9. The van der Waals surface area contributed by atoms with Crippen molar-refractivity contribution < 1.29 is 14.3 Å². The molecule has 17 heavy (non-hydrogen) atoms. The van der Waals surface area contributed by atoms with Crippen molar-refractivity contribution in [3.63, 3.8) is 0 Å². The molecule has 0 aliphatic rings. The van der Waals surface area contributed by atoms with Gasteiger partial charge in [0.25, 0.3) is 0 Å². The summed E-state index contributed by atoms with van der Waals surface area (Å²) < 4.78 is 13.6. The van der Waals surface area contributed by atoms with E-state index in [1.54, 1.807) is 12.1 Å². The Balaban J connectivity index is 2.40. The number of ketones is 1. The minimum absolute atomic E-state index is 0.00781. The Kier molecular flexibility index (Phi) is 3.24. The zero-order chi connectivity index (χ0) is 12.4. The molecule has 0 aliphatic heterocycles. The average molecular weight is 295 g/mol. The minimum atomic E-state index is -0.490. The van der Waals surface area contributed by atoms with Crippen LogP contribution in [0.2, 0.25) is 0 Å². The lowest BCUT2D eigenvalue weighted by molar-refractivity contribution is 0.103. The molecule has 0 heterocycles. The van der Waals surface area contributed by atoms with Crippen molar-refractivity contribution in [3.05, 3.63) is 63.9 Å². The second-order valence-electron chi connectivity index (χ2n) is 3.51. The maximum absolute atomic E-state index is 13.3. The van der Waals surface area contributed by atoms with Crippen LogP contribution in [-0.2, 0) is 0 Å². The van der Waals surface area contributed by atoms with Crippen molar-refractivity contribution >= 4 is 21.7 Å². The van der Waals surface area contributed by atoms with Gasteiger partial charge in [0.05, 0.1) is 4.47 Å². The summed E-state index contributed by atoms with van der Waals surface area (Å²) in [6, 6.07) is 10.1. The minimum Gasteiger partial charge on any atom is -0.508 e. The third-order valence-electron chi connectivity index (χ3n) is 2.29. The van der Waals surface area contributed by atoms with Crippen LogP contribution in [0.5, 0.6) is 5.75 Å². The van der Waals surface area contributed by atoms with Crippen LogP contribution in [0.25, 0.3) is 0 Å². The fraction of sp³-hybridized carbons (Fsp3) is 0. The number of phenolic OH excluding ortho intramolecular Hbond substituents is 1. The molecule has 0 aromatic heterocycles. The summed E-state index contributed by atoms with van der Waals surface area (Å²) in [4.78, 5) is 12.0. The average Bonchev–Trinajstić information content (AvgIpc) is 2.32. The summed E-state index contributed by atoms with van der Waals surface area (Å²) >= 11 is 3.02. The molecule has 0 saturated heterocycles. The van der Waals surface area contributed by atoms with Gasteiger partial charge in [0, 0.05) is 11.1 Å². The second kappa shape index (κ2) is 4.67. The Morgan fingerprint density at radius 2 is 1.82 bits per heavy atom. The van der Waals surface area contributed by atoms with E-state index >= 15 is 0 Å². The number of carbonyl (C=O) groups is 1. The molecule has 0 radical (unpaired) electrons. The fourth-order valence-corrected chi connectivity index (χ4v) is 1.70. The molecule has 86 valence electrons. The monoisotopic (exact) mass is 294 g/mol. The van der Waals surface area contributed by atoms with Crippen LogP contribution in [0.3, 0.4) is 0 Å². The van der Waals surface area contributed by atoms with E-state index in [1.807, 2.05) is 0 Å². The molecule has 1 N–H and O–H groups in total. The quantitative estimate of drug-likeness (QED) is 0.861. The first kappa shape index (κ1) is 11.8. The topological polar surface area (TPSA) is 37.3 Å². The predicted octanol–water partition coefficient (Wildman–Crippen LogP) is 3.52. The molecule has 0 bridgehead atoms. The van der Waals surface area contributed by atoms with Crippen molar-refractivity contribution in [1.82, 2.24) is 0 Å². The number of hydrogen-bond acceptors (Lipinski definition) is 2. The summed E-state index contributed by atoms with van der Waals surface area (Å²) in [7, 11) is 0. The molecule has 0 saturated carbocycles. The van der Waals surface area contributed by atoms with Crippen molar-refractivity contribution in [2.24, 2.45) is 0 Å². The van der Waals surface area contributed by atoms with E-state index in [4.69, 9.17) is 0 Å². The standard InChI is InChI=1S/C13H8BrFO2/c14-11-5-4-9(7-12(11)15)13(17)8-2-1-3-10(16)6-8/h1-7,16H. The SMILES string of the molecule is O=C(c1cccc(O)c1)c1ccc(Br)c(F)c1. The Hall–Kier alpha value is -1.68. The maximum Gasteiger partial charge on any atom is 0.193 e. The van der Waals surface area contributed by atoms with E-state index in [2.05, 4.69) is 15.9 Å². The first-order valence-corrected chi connectivity index (χ1v) is 5.66. The molecule has 0 spiro atoms. The molecule has 2 aromatic rings. The van der Waals surface area contributed by atoms with Crippen LogP contribution in [0.15, 0.2) is 46.9 Å². The molecule has 2 aromatic carbocycles. The van der Waals surface area contributed by atoms with Gasteiger partial charge < -0.3 is 5.11 Å². The van der Waals surface area contributed by atoms with Crippen LogP contribution in [0.1, 0.15) is 15.9 Å². The van der Waals surface area contributed by atoms with Gasteiger partial charge in [-0.15, -0.1) is 0 Å². The van der Waals surface area contributed by atoms with Gasteiger partial charge in [-0.1, -0.05) is 12.1 Å². The van der Waals surface area contributed by atoms with Gasteiger partial charge >= 0.3 is 0 Å². The highest BCUT2D eigenvalue weighted by Crippen LogP contribution is 2.20. The zero-order valence-corrected chi connectivity index (χ0v) is 10.2. The van der Waals surface area contributed by atoms with Crippen LogP contribution < -0.4 is 0 Å². The molecular formula is C13H8BrFO2. The van der Waals surface area contributed by atoms with Crippen molar-refractivity contribution in [2.75, 3.05) is 0 Å². The summed E-state index contributed by atoms with van der Waals surface area (Å²) in [5.41, 5.74) is 0.572. The Bertz CT molecular complexity index is 581. The van der Waals surface area contributed by atoms with E-state index < -0.39 is 5.82 Å². The molecule has 0 unspecified atom stereocenters. The molecule has 0 fully saturated rings. The van der Waals surface area contributed by atoms with Crippen molar-refractivity contribution in [3.8, 4) is 5.75 Å². The molecular weight excluding hydrogens is 287 g/mol. The summed E-state index contributed by atoms with van der Waals surface area (Å²) in [5, 5.41) is 9.27. The predicted molar refractivity (Wildman–Crippen MR) is 65.6 cm³/mol. The molecule has 0 atom stereocenters. The lowest BCUT2D eigenvalue weighted by atomic mass is 10.0. The lowest BCUT2D eigenvalue weighted by Crippen LogP contribution is -2.01. The molecule has 0 amide bonds. The number of carbonyl (C=O) groups excluding carboxylic acids is 1. The number of rotatable bonds is 2. The Morgan fingerprint density at radius 3 is 2.47 bits per heavy atom. The summed E-state index contributed by atoms with van der Waals surface area (Å²) in [6.45, 7) is 0. The van der Waals surface area contributed by atoms with E-state index in [-0.39, 0.29) is 17.1 Å². The number of hydrogen-bond donors (Lipinski definition) is 1. The van der Waals surface area contributed by atoms with E-state index in [1.165, 1.54) is 24.3 Å². The maximum atomic E-state index is 13.3. The number of aromatic hydroxyl groups is 1. The van der Waals surface area contributed by atoms with Crippen molar-refractivity contribution in [1.29, 1.82) is 0 Å². The van der Waals surface area contributed by atoms with Crippen LogP contribution in [0.4, 0.5) is 4.39 Å². The number of halogens is 2.